The second-order valence-corrected chi connectivity index (χ2v) is 6.00. The summed E-state index contributed by atoms with van der Waals surface area (Å²) < 4.78 is 0. The number of nitro groups is 1. The van der Waals surface area contributed by atoms with Crippen LogP contribution in [-0.2, 0) is 0 Å². The molecule has 1 N–H and O–H groups in total. The Morgan fingerprint density at radius 1 is 1.25 bits per heavy atom. The first-order valence-electron chi connectivity index (χ1n) is 6.87. The third-order valence-electron chi connectivity index (χ3n) is 3.13. The number of non-ortho nitro benzene ring substituents is 1. The van der Waals surface area contributed by atoms with Gasteiger partial charge in [0, 0.05) is 33.7 Å². The SMILES string of the molecule is O=[N+]([O-])c1ccc(Cl)c(C=NNc2nc(-c3ccccc3)cs2)c1. The fourth-order valence-electron chi connectivity index (χ4n) is 1.97. The Morgan fingerprint density at radius 2 is 2.04 bits per heavy atom. The number of anilines is 1. The van der Waals surface area contributed by atoms with Crippen molar-refractivity contribution in [2.24, 2.45) is 5.10 Å². The number of nitrogens with one attached hydrogen (secondary N) is 1. The molecule has 1 aromatic heterocycles. The maximum Gasteiger partial charge on any atom is 0.270 e. The first-order chi connectivity index (χ1) is 11.6. The summed E-state index contributed by atoms with van der Waals surface area (Å²) in [5, 5.41) is 17.8. The maximum absolute atomic E-state index is 10.8. The molecule has 0 unspecified atom stereocenters. The Hall–Kier alpha value is -2.77. The van der Waals surface area contributed by atoms with Gasteiger partial charge < -0.3 is 0 Å². The topological polar surface area (TPSA) is 80.4 Å². The maximum atomic E-state index is 10.8. The Kier molecular flexibility index (Phi) is 4.83. The number of halogens is 1. The molecule has 3 aromatic rings. The number of hydrazone groups is 1. The largest absolute Gasteiger partial charge is 0.270 e. The molecule has 0 fully saturated rings. The van der Waals surface area contributed by atoms with E-state index >= 15 is 0 Å². The minimum absolute atomic E-state index is 0.0403. The number of benzene rings is 2. The highest BCUT2D eigenvalue weighted by atomic mass is 35.5. The van der Waals surface area contributed by atoms with Crippen LogP contribution < -0.4 is 5.43 Å². The van der Waals surface area contributed by atoms with E-state index in [0.717, 1.165) is 11.3 Å². The van der Waals surface area contributed by atoms with Crippen LogP contribution in [0.3, 0.4) is 0 Å². The van der Waals surface area contributed by atoms with Crippen LogP contribution in [0.1, 0.15) is 5.56 Å². The summed E-state index contributed by atoms with van der Waals surface area (Å²) in [5.41, 5.74) is 5.10. The number of rotatable bonds is 5. The second-order valence-electron chi connectivity index (χ2n) is 4.74. The van der Waals surface area contributed by atoms with Crippen LogP contribution in [0.15, 0.2) is 59.0 Å². The van der Waals surface area contributed by atoms with Crippen molar-refractivity contribution < 1.29 is 4.92 Å². The van der Waals surface area contributed by atoms with E-state index in [9.17, 15) is 10.1 Å². The third-order valence-corrected chi connectivity index (χ3v) is 4.22. The van der Waals surface area contributed by atoms with Gasteiger partial charge in [-0.1, -0.05) is 41.9 Å². The Morgan fingerprint density at radius 3 is 2.79 bits per heavy atom. The van der Waals surface area contributed by atoms with Crippen LogP contribution in [0.25, 0.3) is 11.3 Å². The van der Waals surface area contributed by atoms with Gasteiger partial charge >= 0.3 is 0 Å². The molecular formula is C16H11ClN4O2S. The number of thiazole rings is 1. The highest BCUT2D eigenvalue weighted by molar-refractivity contribution is 7.14. The lowest BCUT2D eigenvalue weighted by Crippen LogP contribution is -1.93. The quantitative estimate of drug-likeness (QED) is 0.403. The highest BCUT2D eigenvalue weighted by Gasteiger charge is 2.08. The molecule has 3 rings (SSSR count). The average Bonchev–Trinajstić information content (AvgIpc) is 3.06. The van der Waals surface area contributed by atoms with Gasteiger partial charge in [0.1, 0.15) is 0 Å². The molecule has 6 nitrogen and oxygen atoms in total. The fraction of sp³-hybridized carbons (Fsp3) is 0. The zero-order valence-corrected chi connectivity index (χ0v) is 13.8. The van der Waals surface area contributed by atoms with Gasteiger partial charge in [0.25, 0.3) is 5.69 Å². The lowest BCUT2D eigenvalue weighted by atomic mass is 10.2. The van der Waals surface area contributed by atoms with Crippen molar-refractivity contribution >= 4 is 40.0 Å². The van der Waals surface area contributed by atoms with Crippen molar-refractivity contribution in [3.05, 3.63) is 74.6 Å². The smallest absolute Gasteiger partial charge is 0.258 e. The number of nitrogens with zero attached hydrogens (tertiary/aromatic N) is 3. The van der Waals surface area contributed by atoms with Gasteiger partial charge in [-0.2, -0.15) is 5.10 Å². The van der Waals surface area contributed by atoms with E-state index in [1.165, 1.54) is 35.8 Å². The predicted octanol–water partition coefficient (Wildman–Crippen LogP) is 4.82. The molecular weight excluding hydrogens is 348 g/mol. The average molecular weight is 359 g/mol. The van der Waals surface area contributed by atoms with E-state index in [0.29, 0.717) is 15.7 Å². The van der Waals surface area contributed by atoms with Gasteiger partial charge in [-0.05, 0) is 6.07 Å². The van der Waals surface area contributed by atoms with Gasteiger partial charge in [-0.25, -0.2) is 4.98 Å². The number of hydrogen-bond acceptors (Lipinski definition) is 6. The summed E-state index contributed by atoms with van der Waals surface area (Å²) in [4.78, 5) is 14.7. The highest BCUT2D eigenvalue weighted by Crippen LogP contribution is 2.25. The number of nitro benzene ring substituents is 1. The summed E-state index contributed by atoms with van der Waals surface area (Å²) in [6.07, 6.45) is 1.43. The van der Waals surface area contributed by atoms with E-state index in [-0.39, 0.29) is 5.69 Å². The minimum Gasteiger partial charge on any atom is -0.258 e. The van der Waals surface area contributed by atoms with Gasteiger partial charge in [0.05, 0.1) is 16.8 Å². The minimum atomic E-state index is -0.478. The number of aromatic nitrogens is 1. The van der Waals surface area contributed by atoms with Crippen LogP contribution in [-0.4, -0.2) is 16.1 Å². The molecule has 2 aromatic carbocycles. The molecule has 120 valence electrons. The van der Waals surface area contributed by atoms with Crippen LogP contribution in [0.2, 0.25) is 5.02 Å². The zero-order valence-electron chi connectivity index (χ0n) is 12.2. The molecule has 0 saturated carbocycles. The molecule has 0 aliphatic rings. The molecule has 0 atom stereocenters. The molecule has 0 saturated heterocycles. The van der Waals surface area contributed by atoms with Crippen LogP contribution >= 0.6 is 22.9 Å². The first kappa shape index (κ1) is 16.1. The lowest BCUT2D eigenvalue weighted by Gasteiger charge is -1.98. The normalized spacial score (nSPS) is 10.9. The molecule has 0 bridgehead atoms. The van der Waals surface area contributed by atoms with Crippen LogP contribution in [0, 0.1) is 10.1 Å². The Balaban J connectivity index is 1.72. The molecule has 1 heterocycles. The van der Waals surface area contributed by atoms with Crippen molar-refractivity contribution in [1.29, 1.82) is 0 Å². The molecule has 0 aliphatic heterocycles. The van der Waals surface area contributed by atoms with E-state index in [2.05, 4.69) is 15.5 Å². The van der Waals surface area contributed by atoms with Crippen LogP contribution in [0.4, 0.5) is 10.8 Å². The Labute approximate surface area is 146 Å². The van der Waals surface area contributed by atoms with Gasteiger partial charge in [0.2, 0.25) is 5.13 Å². The summed E-state index contributed by atoms with van der Waals surface area (Å²) in [5.74, 6) is 0. The summed E-state index contributed by atoms with van der Waals surface area (Å²) in [6, 6.07) is 14.0. The first-order valence-corrected chi connectivity index (χ1v) is 8.13. The lowest BCUT2D eigenvalue weighted by molar-refractivity contribution is -0.384. The van der Waals surface area contributed by atoms with Crippen molar-refractivity contribution in [3.63, 3.8) is 0 Å². The molecule has 0 aliphatic carbocycles. The number of hydrogen-bond donors (Lipinski definition) is 1. The van der Waals surface area contributed by atoms with E-state index < -0.39 is 4.92 Å². The Bertz CT molecular complexity index is 896. The summed E-state index contributed by atoms with van der Waals surface area (Å²) in [7, 11) is 0. The standard InChI is InChI=1S/C16H11ClN4O2S/c17-14-7-6-13(21(22)23)8-12(14)9-18-20-16-19-15(10-24-16)11-4-2-1-3-5-11/h1-10H,(H,19,20). The zero-order chi connectivity index (χ0) is 16.9. The van der Waals surface area contributed by atoms with E-state index in [1.54, 1.807) is 0 Å². The molecule has 0 spiro atoms. The van der Waals surface area contributed by atoms with E-state index in [1.807, 2.05) is 35.7 Å². The predicted molar refractivity (Wildman–Crippen MR) is 96.9 cm³/mol. The van der Waals surface area contributed by atoms with Crippen molar-refractivity contribution in [3.8, 4) is 11.3 Å². The third kappa shape index (κ3) is 3.76. The summed E-state index contributed by atoms with van der Waals surface area (Å²) in [6.45, 7) is 0. The monoisotopic (exact) mass is 358 g/mol. The van der Waals surface area contributed by atoms with Crippen molar-refractivity contribution in [2.75, 3.05) is 5.43 Å². The van der Waals surface area contributed by atoms with E-state index in [4.69, 9.17) is 11.6 Å². The van der Waals surface area contributed by atoms with Crippen molar-refractivity contribution in [2.45, 2.75) is 0 Å². The van der Waals surface area contributed by atoms with Crippen LogP contribution in [0.5, 0.6) is 0 Å². The van der Waals surface area contributed by atoms with Gasteiger partial charge in [-0.15, -0.1) is 11.3 Å². The molecule has 8 heteroatoms. The van der Waals surface area contributed by atoms with Crippen molar-refractivity contribution in [1.82, 2.24) is 4.98 Å². The van der Waals surface area contributed by atoms with Gasteiger partial charge in [0.15, 0.2) is 0 Å². The molecule has 0 amide bonds. The second kappa shape index (κ2) is 7.20. The fourth-order valence-corrected chi connectivity index (χ4v) is 2.80. The van der Waals surface area contributed by atoms with Gasteiger partial charge in [-0.3, -0.25) is 15.5 Å². The molecule has 24 heavy (non-hydrogen) atoms. The summed E-state index contributed by atoms with van der Waals surface area (Å²) >= 11 is 7.43. The molecule has 0 radical (unpaired) electrons.